The fourth-order valence-corrected chi connectivity index (χ4v) is 4.09. The second-order valence-electron chi connectivity index (χ2n) is 8.37. The first kappa shape index (κ1) is 24.1. The number of hydrogen-bond acceptors (Lipinski definition) is 4. The molecule has 0 saturated carbocycles. The first-order chi connectivity index (χ1) is 17.0. The number of nitrogens with one attached hydrogen (secondary N) is 1. The quantitative estimate of drug-likeness (QED) is 0.492. The van der Waals surface area contributed by atoms with Gasteiger partial charge in [0.1, 0.15) is 11.6 Å². The molecule has 0 fully saturated rings. The van der Waals surface area contributed by atoms with Gasteiger partial charge >= 0.3 is 0 Å². The van der Waals surface area contributed by atoms with Crippen LogP contribution >= 0.6 is 0 Å². The van der Waals surface area contributed by atoms with Gasteiger partial charge in [-0.05, 0) is 47.4 Å². The number of amides is 2. The first-order valence-corrected chi connectivity index (χ1v) is 11.6. The van der Waals surface area contributed by atoms with E-state index in [9.17, 15) is 14.0 Å². The number of hydrogen-bond donors (Lipinski definition) is 1. The van der Waals surface area contributed by atoms with Crippen molar-refractivity contribution in [1.29, 1.82) is 0 Å². The Morgan fingerprint density at radius 2 is 1.80 bits per heavy atom. The highest BCUT2D eigenvalue weighted by Crippen LogP contribution is 2.34. The van der Waals surface area contributed by atoms with E-state index in [-0.39, 0.29) is 36.5 Å². The Kier molecular flexibility index (Phi) is 7.88. The van der Waals surface area contributed by atoms with E-state index in [1.54, 1.807) is 13.2 Å². The highest BCUT2D eigenvalue weighted by molar-refractivity contribution is 6.03. The van der Waals surface area contributed by atoms with Crippen molar-refractivity contribution in [2.45, 2.75) is 31.7 Å². The van der Waals surface area contributed by atoms with Crippen LogP contribution in [0.5, 0.6) is 5.75 Å². The van der Waals surface area contributed by atoms with Crippen molar-refractivity contribution < 1.29 is 18.7 Å². The van der Waals surface area contributed by atoms with Crippen molar-refractivity contribution in [2.24, 2.45) is 5.10 Å². The second-order valence-corrected chi connectivity index (χ2v) is 8.37. The van der Waals surface area contributed by atoms with E-state index in [0.29, 0.717) is 19.4 Å². The minimum atomic E-state index is -0.299. The molecule has 6 nitrogen and oxygen atoms in total. The summed E-state index contributed by atoms with van der Waals surface area (Å²) >= 11 is 0. The molecule has 1 N–H and O–H groups in total. The molecular weight excluding hydrogens is 445 g/mol. The van der Waals surface area contributed by atoms with Crippen LogP contribution < -0.4 is 10.1 Å². The standard InChI is InChI=1S/C28H28FN3O3/c1-35-24-12-10-22(11-13-24)26-19-25(21-7-3-2-4-8-21)31-32(26)28(34)15-14-27(33)30-17-16-20-6-5-9-23(29)18-20/h2-13,18,26H,14-17,19H2,1H3,(H,30,33). The number of benzene rings is 3. The summed E-state index contributed by atoms with van der Waals surface area (Å²) in [7, 11) is 1.61. The van der Waals surface area contributed by atoms with Crippen LogP contribution in [0.15, 0.2) is 84.0 Å². The summed E-state index contributed by atoms with van der Waals surface area (Å²) in [5, 5.41) is 8.96. The fraction of sp³-hybridized carbons (Fsp3) is 0.250. The van der Waals surface area contributed by atoms with Gasteiger partial charge in [-0.1, -0.05) is 54.6 Å². The number of carbonyl (C=O) groups is 2. The van der Waals surface area contributed by atoms with Crippen LogP contribution in [0.25, 0.3) is 0 Å². The number of carbonyl (C=O) groups excluding carboxylic acids is 2. The Morgan fingerprint density at radius 3 is 2.51 bits per heavy atom. The maximum absolute atomic E-state index is 13.3. The van der Waals surface area contributed by atoms with Gasteiger partial charge in [-0.25, -0.2) is 9.40 Å². The molecule has 1 unspecified atom stereocenters. The monoisotopic (exact) mass is 473 g/mol. The van der Waals surface area contributed by atoms with Gasteiger partial charge in [0.15, 0.2) is 0 Å². The number of halogens is 1. The van der Waals surface area contributed by atoms with Gasteiger partial charge in [0.25, 0.3) is 0 Å². The molecule has 0 saturated heterocycles. The second kappa shape index (κ2) is 11.4. The predicted octanol–water partition coefficient (Wildman–Crippen LogP) is 4.65. The Hall–Kier alpha value is -4.00. The van der Waals surface area contributed by atoms with Crippen molar-refractivity contribution in [1.82, 2.24) is 10.3 Å². The summed E-state index contributed by atoms with van der Waals surface area (Å²) in [5.41, 5.74) is 3.56. The molecular formula is C28H28FN3O3. The fourth-order valence-electron chi connectivity index (χ4n) is 4.09. The molecule has 180 valence electrons. The minimum absolute atomic E-state index is 0.0457. The maximum Gasteiger partial charge on any atom is 0.243 e. The normalized spacial score (nSPS) is 15.0. The SMILES string of the molecule is COc1ccc(C2CC(c3ccccc3)=NN2C(=O)CCC(=O)NCCc2cccc(F)c2)cc1. The number of rotatable bonds is 9. The molecule has 0 bridgehead atoms. The third-order valence-corrected chi connectivity index (χ3v) is 5.96. The summed E-state index contributed by atoms with van der Waals surface area (Å²) < 4.78 is 18.5. The summed E-state index contributed by atoms with van der Waals surface area (Å²) in [4.78, 5) is 25.5. The summed E-state index contributed by atoms with van der Waals surface area (Å²) in [6.45, 7) is 0.380. The van der Waals surface area contributed by atoms with E-state index in [0.717, 1.165) is 28.2 Å². The van der Waals surface area contributed by atoms with Crippen molar-refractivity contribution in [2.75, 3.05) is 13.7 Å². The highest BCUT2D eigenvalue weighted by Gasteiger charge is 2.33. The molecule has 0 aromatic heterocycles. The lowest BCUT2D eigenvalue weighted by Crippen LogP contribution is -2.30. The zero-order valence-electron chi connectivity index (χ0n) is 19.6. The Morgan fingerprint density at radius 1 is 1.03 bits per heavy atom. The molecule has 2 amide bonds. The zero-order valence-corrected chi connectivity index (χ0v) is 19.6. The van der Waals surface area contributed by atoms with Gasteiger partial charge in [-0.15, -0.1) is 0 Å². The van der Waals surface area contributed by atoms with Crippen LogP contribution in [0.1, 0.15) is 42.0 Å². The number of nitrogens with zero attached hydrogens (tertiary/aromatic N) is 2. The molecule has 0 aliphatic carbocycles. The van der Waals surface area contributed by atoms with Crippen LogP contribution in [-0.4, -0.2) is 36.2 Å². The van der Waals surface area contributed by atoms with Gasteiger partial charge in [0.05, 0.1) is 18.9 Å². The number of hydrazone groups is 1. The van der Waals surface area contributed by atoms with Crippen molar-refractivity contribution in [3.8, 4) is 5.75 Å². The first-order valence-electron chi connectivity index (χ1n) is 11.6. The van der Waals surface area contributed by atoms with E-state index in [2.05, 4.69) is 10.4 Å². The van der Waals surface area contributed by atoms with Gasteiger partial charge < -0.3 is 10.1 Å². The molecule has 1 aliphatic heterocycles. The maximum atomic E-state index is 13.3. The topological polar surface area (TPSA) is 71.0 Å². The molecule has 0 radical (unpaired) electrons. The Bertz CT molecular complexity index is 1200. The van der Waals surface area contributed by atoms with Crippen LogP contribution in [-0.2, 0) is 16.0 Å². The molecule has 0 spiro atoms. The Labute approximate surface area is 204 Å². The molecule has 3 aromatic rings. The molecule has 1 heterocycles. The average molecular weight is 474 g/mol. The molecule has 3 aromatic carbocycles. The lowest BCUT2D eigenvalue weighted by atomic mass is 9.98. The lowest BCUT2D eigenvalue weighted by molar-refractivity contribution is -0.135. The number of methoxy groups -OCH3 is 1. The predicted molar refractivity (Wildman–Crippen MR) is 133 cm³/mol. The minimum Gasteiger partial charge on any atom is -0.497 e. The summed E-state index contributed by atoms with van der Waals surface area (Å²) in [6, 6.07) is 23.4. The highest BCUT2D eigenvalue weighted by atomic mass is 19.1. The lowest BCUT2D eigenvalue weighted by Gasteiger charge is -2.22. The van der Waals surface area contributed by atoms with Gasteiger partial charge in [-0.2, -0.15) is 5.10 Å². The van der Waals surface area contributed by atoms with Gasteiger partial charge in [0.2, 0.25) is 11.8 Å². The van der Waals surface area contributed by atoms with E-state index >= 15 is 0 Å². The van der Waals surface area contributed by atoms with E-state index in [1.807, 2.05) is 60.7 Å². The van der Waals surface area contributed by atoms with Crippen LogP contribution in [0.2, 0.25) is 0 Å². The van der Waals surface area contributed by atoms with Crippen LogP contribution in [0.4, 0.5) is 4.39 Å². The van der Waals surface area contributed by atoms with Crippen LogP contribution in [0, 0.1) is 5.82 Å². The Balaban J connectivity index is 1.38. The van der Waals surface area contributed by atoms with E-state index in [1.165, 1.54) is 17.1 Å². The smallest absolute Gasteiger partial charge is 0.243 e. The largest absolute Gasteiger partial charge is 0.497 e. The van der Waals surface area contributed by atoms with E-state index < -0.39 is 0 Å². The van der Waals surface area contributed by atoms with Gasteiger partial charge in [0, 0.05) is 25.8 Å². The van der Waals surface area contributed by atoms with Crippen molar-refractivity contribution >= 4 is 17.5 Å². The number of ether oxygens (including phenoxy) is 1. The van der Waals surface area contributed by atoms with Gasteiger partial charge in [-0.3, -0.25) is 9.59 Å². The van der Waals surface area contributed by atoms with E-state index in [4.69, 9.17) is 4.74 Å². The molecule has 1 aliphatic rings. The molecule has 35 heavy (non-hydrogen) atoms. The summed E-state index contributed by atoms with van der Waals surface area (Å²) in [6.07, 6.45) is 1.21. The van der Waals surface area contributed by atoms with Crippen molar-refractivity contribution in [3.05, 3.63) is 101 Å². The van der Waals surface area contributed by atoms with Crippen molar-refractivity contribution in [3.63, 3.8) is 0 Å². The van der Waals surface area contributed by atoms with Crippen LogP contribution in [0.3, 0.4) is 0 Å². The molecule has 1 atom stereocenters. The third kappa shape index (κ3) is 6.32. The zero-order chi connectivity index (χ0) is 24.6. The third-order valence-electron chi connectivity index (χ3n) is 5.96. The summed E-state index contributed by atoms with van der Waals surface area (Å²) in [5.74, 6) is 0.00912. The molecule has 7 heteroatoms. The molecule has 4 rings (SSSR count). The average Bonchev–Trinajstić information content (AvgIpc) is 3.34.